The van der Waals surface area contributed by atoms with Gasteiger partial charge in [0, 0.05) is 37.9 Å². The van der Waals surface area contributed by atoms with Crippen molar-refractivity contribution in [2.24, 2.45) is 5.92 Å². The number of alkyl halides is 3. The smallest absolute Gasteiger partial charge is 0.342 e. The van der Waals surface area contributed by atoms with E-state index in [1.54, 1.807) is 22.0 Å². The van der Waals surface area contributed by atoms with Crippen molar-refractivity contribution < 1.29 is 22.8 Å². The Kier molecular flexibility index (Phi) is 7.01. The molecule has 0 saturated carbocycles. The van der Waals surface area contributed by atoms with Crippen LogP contribution in [0.5, 0.6) is 0 Å². The van der Waals surface area contributed by atoms with E-state index in [1.807, 2.05) is 6.92 Å². The molecule has 11 heteroatoms. The van der Waals surface area contributed by atoms with Gasteiger partial charge in [-0.25, -0.2) is 4.98 Å². The third-order valence-electron chi connectivity index (χ3n) is 4.85. The number of thioether (sulfide) groups is 1. The number of hydrogen-bond donors (Lipinski definition) is 1. The zero-order chi connectivity index (χ0) is 21.7. The maximum atomic E-state index is 12.6. The number of pyridine rings is 1. The largest absolute Gasteiger partial charge is 0.417 e. The minimum Gasteiger partial charge on any atom is -0.342 e. The van der Waals surface area contributed by atoms with Crippen LogP contribution < -0.4 is 5.32 Å². The van der Waals surface area contributed by atoms with Crippen molar-refractivity contribution in [2.75, 3.05) is 24.2 Å². The number of nitrogens with zero attached hydrogens (tertiary/aromatic N) is 4. The summed E-state index contributed by atoms with van der Waals surface area (Å²) in [5.74, 6) is -0.292. The van der Waals surface area contributed by atoms with Gasteiger partial charge in [0.15, 0.2) is 0 Å². The van der Waals surface area contributed by atoms with E-state index in [4.69, 9.17) is 0 Å². The summed E-state index contributed by atoms with van der Waals surface area (Å²) in [6.45, 7) is 3.60. The lowest BCUT2D eigenvalue weighted by molar-refractivity contribution is -0.138. The van der Waals surface area contributed by atoms with E-state index in [0.29, 0.717) is 36.6 Å². The van der Waals surface area contributed by atoms with Gasteiger partial charge in [0.25, 0.3) is 0 Å². The summed E-state index contributed by atoms with van der Waals surface area (Å²) in [6, 6.07) is 2.21. The molecule has 2 aromatic rings. The molecule has 1 aliphatic heterocycles. The van der Waals surface area contributed by atoms with Gasteiger partial charge >= 0.3 is 6.18 Å². The number of amides is 2. The summed E-state index contributed by atoms with van der Waals surface area (Å²) < 4.78 is 39.4. The van der Waals surface area contributed by atoms with E-state index in [9.17, 15) is 22.8 Å². The molecule has 0 aromatic carbocycles. The first-order chi connectivity index (χ1) is 14.3. The van der Waals surface area contributed by atoms with Crippen LogP contribution in [0.2, 0.25) is 0 Å². The molecule has 30 heavy (non-hydrogen) atoms. The van der Waals surface area contributed by atoms with Crippen molar-refractivity contribution in [3.8, 4) is 0 Å². The van der Waals surface area contributed by atoms with Gasteiger partial charge in [0.1, 0.15) is 0 Å². The molecule has 1 N–H and O–H groups in total. The minimum atomic E-state index is -4.43. The number of hydrogen-bond acceptors (Lipinski definition) is 5. The molecule has 7 nitrogen and oxygen atoms in total. The van der Waals surface area contributed by atoms with Gasteiger partial charge in [-0.2, -0.15) is 18.3 Å². The number of piperidine rings is 1. The molecule has 0 spiro atoms. The van der Waals surface area contributed by atoms with Crippen molar-refractivity contribution in [2.45, 2.75) is 37.5 Å². The van der Waals surface area contributed by atoms with Crippen LogP contribution in [-0.4, -0.2) is 50.3 Å². The second kappa shape index (κ2) is 9.50. The Morgan fingerprint density at radius 1 is 1.23 bits per heavy atom. The average molecular weight is 441 g/mol. The summed E-state index contributed by atoms with van der Waals surface area (Å²) in [7, 11) is 0. The predicted molar refractivity (Wildman–Crippen MR) is 106 cm³/mol. The average Bonchev–Trinajstić information content (AvgIpc) is 3.19. The lowest BCUT2D eigenvalue weighted by atomic mass is 9.96. The number of aromatic nitrogens is 3. The summed E-state index contributed by atoms with van der Waals surface area (Å²) in [5, 5.41) is 7.33. The molecule has 2 aromatic heterocycles. The van der Waals surface area contributed by atoms with Crippen molar-refractivity contribution in [3.63, 3.8) is 0 Å². The summed E-state index contributed by atoms with van der Waals surface area (Å²) in [5.41, 5.74) is -0.165. The first kappa shape index (κ1) is 22.1. The van der Waals surface area contributed by atoms with Crippen molar-refractivity contribution >= 4 is 29.3 Å². The van der Waals surface area contributed by atoms with E-state index < -0.39 is 11.7 Å². The van der Waals surface area contributed by atoms with Crippen LogP contribution in [0.25, 0.3) is 0 Å². The Labute approximate surface area is 176 Å². The van der Waals surface area contributed by atoms with Crippen LogP contribution in [0.15, 0.2) is 35.7 Å². The summed E-state index contributed by atoms with van der Waals surface area (Å²) >= 11 is 1.10. The molecule has 0 unspecified atom stereocenters. The molecule has 3 heterocycles. The third-order valence-corrected chi connectivity index (χ3v) is 5.78. The number of anilines is 1. The molecule has 0 bridgehead atoms. The minimum absolute atomic E-state index is 0.0823. The number of likely N-dealkylation sites (tertiary alicyclic amines) is 1. The fourth-order valence-electron chi connectivity index (χ4n) is 3.10. The summed E-state index contributed by atoms with van der Waals surface area (Å²) in [4.78, 5) is 30.2. The quantitative estimate of drug-likeness (QED) is 0.696. The molecule has 0 atom stereocenters. The highest BCUT2D eigenvalue weighted by Crippen LogP contribution is 2.29. The maximum absolute atomic E-state index is 12.6. The molecular weight excluding hydrogens is 419 g/mol. The normalized spacial score (nSPS) is 15.3. The Bertz CT molecular complexity index is 877. The van der Waals surface area contributed by atoms with Gasteiger partial charge < -0.3 is 10.2 Å². The molecule has 3 rings (SSSR count). The fourth-order valence-corrected chi connectivity index (χ4v) is 3.84. The lowest BCUT2D eigenvalue weighted by Crippen LogP contribution is -2.42. The zero-order valence-electron chi connectivity index (χ0n) is 16.4. The molecular formula is C19H22F3N5O2S. The van der Waals surface area contributed by atoms with E-state index >= 15 is 0 Å². The second-order valence-corrected chi connectivity index (χ2v) is 7.90. The van der Waals surface area contributed by atoms with Gasteiger partial charge in [-0.05, 0) is 31.9 Å². The molecule has 2 amide bonds. The van der Waals surface area contributed by atoms with Crippen LogP contribution in [0, 0.1) is 5.92 Å². The number of aryl methyl sites for hydroxylation is 1. The van der Waals surface area contributed by atoms with E-state index in [0.717, 1.165) is 30.6 Å². The number of nitrogens with one attached hydrogen (secondary N) is 1. The first-order valence-corrected chi connectivity index (χ1v) is 10.5. The van der Waals surface area contributed by atoms with E-state index in [-0.39, 0.29) is 23.5 Å². The van der Waals surface area contributed by atoms with Crippen molar-refractivity contribution in [1.29, 1.82) is 0 Å². The van der Waals surface area contributed by atoms with Crippen LogP contribution in [-0.2, 0) is 22.3 Å². The topological polar surface area (TPSA) is 80.1 Å². The molecule has 1 saturated heterocycles. The van der Waals surface area contributed by atoms with Gasteiger partial charge in [-0.1, -0.05) is 11.8 Å². The van der Waals surface area contributed by atoms with E-state index in [2.05, 4.69) is 15.4 Å². The number of halogens is 3. The Morgan fingerprint density at radius 2 is 1.97 bits per heavy atom. The fraction of sp³-hybridized carbons (Fsp3) is 0.474. The molecule has 0 aliphatic carbocycles. The maximum Gasteiger partial charge on any atom is 0.417 e. The highest BCUT2D eigenvalue weighted by Gasteiger charge is 2.31. The van der Waals surface area contributed by atoms with Gasteiger partial charge in [-0.15, -0.1) is 0 Å². The Hall–Kier alpha value is -2.56. The molecule has 1 aliphatic rings. The van der Waals surface area contributed by atoms with Crippen LogP contribution >= 0.6 is 11.8 Å². The first-order valence-electron chi connectivity index (χ1n) is 9.53. The standard InChI is InChI=1S/C19H22F3N5O2S/c1-2-27-11-15(10-24-27)25-18(29)13-5-7-26(8-6-13)17(28)12-30-16-4-3-14(9-23-16)19(20,21)22/h3-4,9-11,13H,2,5-8,12H2,1H3,(H,25,29). The van der Waals surface area contributed by atoms with Crippen LogP contribution in [0.4, 0.5) is 18.9 Å². The molecule has 162 valence electrons. The molecule has 1 fully saturated rings. The van der Waals surface area contributed by atoms with Gasteiger partial charge in [0.05, 0.1) is 28.2 Å². The predicted octanol–water partition coefficient (Wildman–Crippen LogP) is 3.29. The number of rotatable bonds is 6. The number of carbonyl (C=O) groups excluding carboxylic acids is 2. The van der Waals surface area contributed by atoms with Gasteiger partial charge in [-0.3, -0.25) is 14.3 Å². The lowest BCUT2D eigenvalue weighted by Gasteiger charge is -2.31. The zero-order valence-corrected chi connectivity index (χ0v) is 17.2. The highest BCUT2D eigenvalue weighted by molar-refractivity contribution is 7.99. The van der Waals surface area contributed by atoms with Crippen LogP contribution in [0.3, 0.4) is 0 Å². The van der Waals surface area contributed by atoms with Gasteiger partial charge in [0.2, 0.25) is 11.8 Å². The Morgan fingerprint density at radius 3 is 2.53 bits per heavy atom. The third kappa shape index (κ3) is 5.74. The highest BCUT2D eigenvalue weighted by atomic mass is 32.2. The van der Waals surface area contributed by atoms with Crippen molar-refractivity contribution in [1.82, 2.24) is 19.7 Å². The monoisotopic (exact) mass is 441 g/mol. The second-order valence-electron chi connectivity index (χ2n) is 6.90. The van der Waals surface area contributed by atoms with Crippen LogP contribution in [0.1, 0.15) is 25.3 Å². The Balaban J connectivity index is 1.43. The molecule has 0 radical (unpaired) electrons. The SMILES string of the molecule is CCn1cc(NC(=O)C2CCN(C(=O)CSc3ccc(C(F)(F)F)cn3)CC2)cn1. The summed E-state index contributed by atoms with van der Waals surface area (Å²) in [6.07, 6.45) is 0.821. The van der Waals surface area contributed by atoms with E-state index in [1.165, 1.54) is 6.07 Å². The van der Waals surface area contributed by atoms with Crippen molar-refractivity contribution in [3.05, 3.63) is 36.3 Å². The number of carbonyl (C=O) groups is 2.